The fraction of sp³-hybridized carbons (Fsp3) is 0.600. The summed E-state index contributed by atoms with van der Waals surface area (Å²) in [5, 5.41) is 0. The fourth-order valence-corrected chi connectivity index (χ4v) is 5.28. The Hall–Kier alpha value is 0.680. The van der Waals surface area contributed by atoms with Gasteiger partial charge in [-0.1, -0.05) is 37.6 Å². The number of hydrogen-bond acceptors (Lipinski definition) is 0. The molecule has 0 nitrogen and oxygen atoms in total. The average Bonchev–Trinajstić information content (AvgIpc) is 2.49. The Bertz CT molecular complexity index is 440. The second-order valence-corrected chi connectivity index (χ2v) is 8.91. The van der Waals surface area contributed by atoms with Crippen LogP contribution in [0.15, 0.2) is 31.0 Å². The zero-order valence-corrected chi connectivity index (χ0v) is 14.7. The molecular formula is C15H18I2. The van der Waals surface area contributed by atoms with Gasteiger partial charge in [0.05, 0.1) is 0 Å². The van der Waals surface area contributed by atoms with Crippen molar-refractivity contribution >= 4 is 45.2 Å². The van der Waals surface area contributed by atoms with Gasteiger partial charge in [-0.05, 0) is 94.8 Å². The maximum atomic E-state index is 2.57. The van der Waals surface area contributed by atoms with Crippen molar-refractivity contribution in [2.24, 2.45) is 23.2 Å². The molecule has 0 N–H and O–H groups in total. The van der Waals surface area contributed by atoms with Gasteiger partial charge < -0.3 is 0 Å². The van der Waals surface area contributed by atoms with E-state index in [0.29, 0.717) is 5.41 Å². The van der Waals surface area contributed by atoms with Gasteiger partial charge in [0.2, 0.25) is 0 Å². The number of fused-ring (bicyclic) bond motifs is 3. The highest BCUT2D eigenvalue weighted by Crippen LogP contribution is 2.61. The maximum Gasteiger partial charge on any atom is -0.00879 e. The number of halogens is 2. The van der Waals surface area contributed by atoms with E-state index in [1.54, 1.807) is 9.15 Å². The zero-order chi connectivity index (χ0) is 12.2. The van der Waals surface area contributed by atoms with Crippen LogP contribution in [0.3, 0.4) is 0 Å². The number of allylic oxidation sites excluding steroid dienone is 6. The first kappa shape index (κ1) is 12.7. The minimum absolute atomic E-state index is 0.442. The first-order chi connectivity index (χ1) is 8.00. The van der Waals surface area contributed by atoms with E-state index < -0.39 is 0 Å². The molecule has 0 aromatic rings. The molecule has 3 atom stereocenters. The van der Waals surface area contributed by atoms with E-state index in [1.807, 2.05) is 0 Å². The van der Waals surface area contributed by atoms with E-state index in [4.69, 9.17) is 0 Å². The molecule has 3 unspecified atom stereocenters. The van der Waals surface area contributed by atoms with E-state index in [1.165, 1.54) is 22.8 Å². The second kappa shape index (κ2) is 4.36. The van der Waals surface area contributed by atoms with Crippen LogP contribution in [0.25, 0.3) is 0 Å². The van der Waals surface area contributed by atoms with Gasteiger partial charge >= 0.3 is 0 Å². The molecule has 1 fully saturated rings. The lowest BCUT2D eigenvalue weighted by atomic mass is 9.71. The van der Waals surface area contributed by atoms with Crippen LogP contribution < -0.4 is 0 Å². The standard InChI is InChI=1S/C15H18I2/c1-15(2)13-7-9(16)3-5-11(13)12-6-4-10(17)8-14(12)15/h3,5,8,12-14H,4,6-7H2,1-2H3. The molecule has 3 rings (SSSR count). The molecule has 0 aromatic carbocycles. The van der Waals surface area contributed by atoms with E-state index >= 15 is 0 Å². The summed E-state index contributed by atoms with van der Waals surface area (Å²) in [4.78, 5) is 0. The first-order valence-electron chi connectivity index (χ1n) is 6.42. The predicted octanol–water partition coefficient (Wildman–Crippen LogP) is 5.64. The van der Waals surface area contributed by atoms with Crippen LogP contribution in [0.1, 0.15) is 33.1 Å². The third kappa shape index (κ3) is 1.97. The van der Waals surface area contributed by atoms with Crippen molar-refractivity contribution in [3.05, 3.63) is 31.0 Å². The predicted molar refractivity (Wildman–Crippen MR) is 90.4 cm³/mol. The number of rotatable bonds is 0. The van der Waals surface area contributed by atoms with E-state index in [0.717, 1.165) is 17.8 Å². The summed E-state index contributed by atoms with van der Waals surface area (Å²) in [7, 11) is 0. The summed E-state index contributed by atoms with van der Waals surface area (Å²) in [5.41, 5.74) is 2.19. The molecule has 3 aliphatic rings. The first-order valence-corrected chi connectivity index (χ1v) is 8.58. The number of hydrogen-bond donors (Lipinski definition) is 0. The highest BCUT2D eigenvalue weighted by Gasteiger charge is 2.52. The van der Waals surface area contributed by atoms with Crippen LogP contribution in [-0.2, 0) is 0 Å². The molecule has 0 spiro atoms. The van der Waals surface area contributed by atoms with Crippen molar-refractivity contribution in [2.75, 3.05) is 0 Å². The monoisotopic (exact) mass is 452 g/mol. The molecule has 1 saturated carbocycles. The van der Waals surface area contributed by atoms with E-state index in [9.17, 15) is 0 Å². The minimum Gasteiger partial charge on any atom is -0.0710 e. The summed E-state index contributed by atoms with van der Waals surface area (Å²) in [6, 6.07) is 0. The van der Waals surface area contributed by atoms with Crippen molar-refractivity contribution in [1.29, 1.82) is 0 Å². The molecule has 92 valence electrons. The maximum absolute atomic E-state index is 2.57. The lowest BCUT2D eigenvalue weighted by molar-refractivity contribution is 0.203. The van der Waals surface area contributed by atoms with Gasteiger partial charge in [0, 0.05) is 0 Å². The van der Waals surface area contributed by atoms with Gasteiger partial charge in [0.1, 0.15) is 0 Å². The van der Waals surface area contributed by atoms with Crippen LogP contribution in [0.4, 0.5) is 0 Å². The van der Waals surface area contributed by atoms with Gasteiger partial charge in [-0.25, -0.2) is 0 Å². The van der Waals surface area contributed by atoms with Crippen LogP contribution in [0.5, 0.6) is 0 Å². The smallest absolute Gasteiger partial charge is 0.00879 e. The van der Waals surface area contributed by atoms with Gasteiger partial charge in [-0.2, -0.15) is 0 Å². The zero-order valence-electron chi connectivity index (χ0n) is 10.3. The summed E-state index contributed by atoms with van der Waals surface area (Å²) in [6.45, 7) is 4.97. The SMILES string of the molecule is CC1(C)C2CC(I)=CC=C2C2CCC(I)=CC21. The molecule has 0 aromatic heterocycles. The Morgan fingerprint density at radius 3 is 2.71 bits per heavy atom. The molecule has 0 heterocycles. The van der Waals surface area contributed by atoms with Gasteiger partial charge in [-0.15, -0.1) is 0 Å². The molecular weight excluding hydrogens is 434 g/mol. The molecule has 0 radical (unpaired) electrons. The highest BCUT2D eigenvalue weighted by molar-refractivity contribution is 14.1. The Labute approximate surface area is 131 Å². The van der Waals surface area contributed by atoms with Crippen molar-refractivity contribution < 1.29 is 0 Å². The van der Waals surface area contributed by atoms with Crippen molar-refractivity contribution in [1.82, 2.24) is 0 Å². The Morgan fingerprint density at radius 1 is 1.18 bits per heavy atom. The molecule has 3 aliphatic carbocycles. The van der Waals surface area contributed by atoms with E-state index in [-0.39, 0.29) is 0 Å². The second-order valence-electron chi connectivity index (χ2n) is 6.14. The topological polar surface area (TPSA) is 0 Å². The highest BCUT2D eigenvalue weighted by atomic mass is 127. The third-order valence-corrected chi connectivity index (χ3v) is 6.63. The van der Waals surface area contributed by atoms with Crippen LogP contribution in [0.2, 0.25) is 0 Å². The van der Waals surface area contributed by atoms with Crippen LogP contribution in [-0.4, -0.2) is 0 Å². The lowest BCUT2D eigenvalue weighted by Crippen LogP contribution is -2.27. The van der Waals surface area contributed by atoms with E-state index in [2.05, 4.69) is 77.3 Å². The van der Waals surface area contributed by atoms with Crippen LogP contribution >= 0.6 is 45.2 Å². The van der Waals surface area contributed by atoms with Crippen molar-refractivity contribution in [3.63, 3.8) is 0 Å². The van der Waals surface area contributed by atoms with Crippen molar-refractivity contribution in [3.8, 4) is 0 Å². The summed E-state index contributed by atoms with van der Waals surface area (Å²) in [6.07, 6.45) is 11.3. The largest absolute Gasteiger partial charge is 0.0710 e. The molecule has 2 heteroatoms. The normalized spacial score (nSPS) is 38.8. The summed E-state index contributed by atoms with van der Waals surface area (Å²) >= 11 is 5.04. The molecule has 0 aliphatic heterocycles. The van der Waals surface area contributed by atoms with Gasteiger partial charge in [-0.3, -0.25) is 0 Å². The quantitative estimate of drug-likeness (QED) is 0.418. The van der Waals surface area contributed by atoms with Crippen molar-refractivity contribution in [2.45, 2.75) is 33.1 Å². The molecule has 0 bridgehead atoms. The van der Waals surface area contributed by atoms with Gasteiger partial charge in [0.25, 0.3) is 0 Å². The average molecular weight is 452 g/mol. The Kier molecular flexibility index (Phi) is 3.26. The molecule has 0 saturated heterocycles. The summed E-state index contributed by atoms with van der Waals surface area (Å²) in [5.74, 6) is 2.39. The fourth-order valence-electron chi connectivity index (χ4n) is 3.97. The molecule has 0 amide bonds. The third-order valence-electron chi connectivity index (χ3n) is 4.93. The Morgan fingerprint density at radius 2 is 1.94 bits per heavy atom. The molecule has 17 heavy (non-hydrogen) atoms. The lowest BCUT2D eigenvalue weighted by Gasteiger charge is -2.34. The van der Waals surface area contributed by atoms with Crippen LogP contribution in [0, 0.1) is 23.2 Å². The Balaban J connectivity index is 2.05. The minimum atomic E-state index is 0.442. The van der Waals surface area contributed by atoms with Gasteiger partial charge in [0.15, 0.2) is 0 Å². The summed E-state index contributed by atoms with van der Waals surface area (Å²) < 4.78 is 3.11.